The van der Waals surface area contributed by atoms with Gasteiger partial charge in [0.1, 0.15) is 11.1 Å². The van der Waals surface area contributed by atoms with Gasteiger partial charge in [-0.15, -0.1) is 23.1 Å². The quantitative estimate of drug-likeness (QED) is 0.368. The average Bonchev–Trinajstić information content (AvgIpc) is 3.19. The van der Waals surface area contributed by atoms with Crippen molar-refractivity contribution in [1.82, 2.24) is 0 Å². The van der Waals surface area contributed by atoms with Crippen LogP contribution in [-0.4, -0.2) is 17.1 Å². The Morgan fingerprint density at radius 2 is 1.91 bits per heavy atom. The number of fused-ring (bicyclic) bond motifs is 1. The van der Waals surface area contributed by atoms with Crippen molar-refractivity contribution in [3.05, 3.63) is 75.7 Å². The van der Waals surface area contributed by atoms with Gasteiger partial charge in [0.15, 0.2) is 0 Å². The molecule has 1 heterocycles. The maximum Gasteiger partial charge on any atom is 0.255 e. The van der Waals surface area contributed by atoms with E-state index >= 15 is 0 Å². The van der Waals surface area contributed by atoms with Crippen LogP contribution in [0.15, 0.2) is 53.4 Å². The predicted octanol–water partition coefficient (Wildman–Crippen LogP) is 6.57. The maximum atomic E-state index is 13.1. The van der Waals surface area contributed by atoms with Crippen molar-refractivity contribution in [2.45, 2.75) is 56.1 Å². The van der Waals surface area contributed by atoms with Crippen molar-refractivity contribution in [1.29, 1.82) is 5.26 Å². The Kier molecular flexibility index (Phi) is 7.71. The summed E-state index contributed by atoms with van der Waals surface area (Å²) >= 11 is 3.01. The molecule has 1 aliphatic carbocycles. The molecule has 2 amide bonds. The van der Waals surface area contributed by atoms with Crippen LogP contribution >= 0.6 is 23.1 Å². The van der Waals surface area contributed by atoms with Crippen LogP contribution in [0.1, 0.15) is 58.1 Å². The van der Waals surface area contributed by atoms with Gasteiger partial charge in [-0.1, -0.05) is 31.2 Å². The first-order valence-corrected chi connectivity index (χ1v) is 13.2. The molecule has 0 saturated heterocycles. The minimum absolute atomic E-state index is 0.100. The molecule has 1 unspecified atom stereocenters. The number of anilines is 2. The molecule has 0 saturated carbocycles. The van der Waals surface area contributed by atoms with Crippen molar-refractivity contribution in [3.8, 4) is 6.07 Å². The lowest BCUT2D eigenvalue weighted by molar-refractivity contribution is -0.115. The standard InChI is InChI=1S/C27H27N3O2S2/c1-3-23(26(32)30-27-22(16-28)21-13-6-7-14-24(21)34-27)33-19-11-8-10-18(15-19)29-25(31)20-12-5-4-9-17(20)2/h4-5,8-12,15,23H,3,6-7,13-14H2,1-2H3,(H,29,31)(H,30,32). The van der Waals surface area contributed by atoms with Gasteiger partial charge in [-0.25, -0.2) is 0 Å². The second-order valence-electron chi connectivity index (χ2n) is 8.33. The number of rotatable bonds is 7. The van der Waals surface area contributed by atoms with Gasteiger partial charge in [0, 0.05) is 21.0 Å². The molecule has 3 aromatic rings. The molecule has 174 valence electrons. The zero-order chi connectivity index (χ0) is 24.1. The third kappa shape index (κ3) is 5.35. The van der Waals surface area contributed by atoms with Gasteiger partial charge in [0.2, 0.25) is 5.91 Å². The Bertz CT molecular complexity index is 1260. The van der Waals surface area contributed by atoms with E-state index in [-0.39, 0.29) is 17.1 Å². The van der Waals surface area contributed by atoms with Crippen LogP contribution in [0.2, 0.25) is 0 Å². The highest BCUT2D eigenvalue weighted by molar-refractivity contribution is 8.00. The van der Waals surface area contributed by atoms with Crippen LogP contribution in [0.4, 0.5) is 10.7 Å². The van der Waals surface area contributed by atoms with Crippen molar-refractivity contribution >= 4 is 45.6 Å². The van der Waals surface area contributed by atoms with E-state index in [1.807, 2.05) is 56.3 Å². The normalized spacial score (nSPS) is 13.4. The highest BCUT2D eigenvalue weighted by Crippen LogP contribution is 2.38. The molecule has 7 heteroatoms. The van der Waals surface area contributed by atoms with Gasteiger partial charge < -0.3 is 10.6 Å². The fourth-order valence-electron chi connectivity index (χ4n) is 4.12. The highest BCUT2D eigenvalue weighted by Gasteiger charge is 2.25. The van der Waals surface area contributed by atoms with Gasteiger partial charge in [-0.05, 0) is 74.4 Å². The zero-order valence-electron chi connectivity index (χ0n) is 19.3. The van der Waals surface area contributed by atoms with Gasteiger partial charge in [0.05, 0.1) is 10.8 Å². The molecule has 4 rings (SSSR count). The van der Waals surface area contributed by atoms with Crippen LogP contribution < -0.4 is 10.6 Å². The lowest BCUT2D eigenvalue weighted by Crippen LogP contribution is -2.24. The summed E-state index contributed by atoms with van der Waals surface area (Å²) in [4.78, 5) is 27.9. The molecule has 0 bridgehead atoms. The Morgan fingerprint density at radius 1 is 1.12 bits per heavy atom. The van der Waals surface area contributed by atoms with E-state index in [4.69, 9.17) is 0 Å². The maximum absolute atomic E-state index is 13.1. The van der Waals surface area contributed by atoms with Crippen molar-refractivity contribution < 1.29 is 9.59 Å². The van der Waals surface area contributed by atoms with Crippen LogP contribution in [0.5, 0.6) is 0 Å². The van der Waals surface area contributed by atoms with Crippen LogP contribution in [-0.2, 0) is 17.6 Å². The minimum Gasteiger partial charge on any atom is -0.322 e. The fraction of sp³-hybridized carbons (Fsp3) is 0.296. The SMILES string of the molecule is CCC(Sc1cccc(NC(=O)c2ccccc2C)c1)C(=O)Nc1sc2c(c1C#N)CCCC2. The molecule has 1 aliphatic rings. The summed E-state index contributed by atoms with van der Waals surface area (Å²) in [6.45, 7) is 3.89. The number of carbonyl (C=O) groups excluding carboxylic acids is 2. The van der Waals surface area contributed by atoms with Gasteiger partial charge in [0.25, 0.3) is 5.91 Å². The summed E-state index contributed by atoms with van der Waals surface area (Å²) in [5.41, 5.74) is 3.99. The van der Waals surface area contributed by atoms with Crippen LogP contribution in [0.25, 0.3) is 0 Å². The number of hydrogen-bond donors (Lipinski definition) is 2. The Labute approximate surface area is 208 Å². The molecule has 1 aromatic heterocycles. The highest BCUT2D eigenvalue weighted by atomic mass is 32.2. The molecule has 2 N–H and O–H groups in total. The van der Waals surface area contributed by atoms with Gasteiger partial charge >= 0.3 is 0 Å². The molecular weight excluding hydrogens is 462 g/mol. The minimum atomic E-state index is -0.312. The first-order chi connectivity index (χ1) is 16.5. The monoisotopic (exact) mass is 489 g/mol. The lowest BCUT2D eigenvalue weighted by Gasteiger charge is -2.15. The van der Waals surface area contributed by atoms with Crippen molar-refractivity contribution in [2.75, 3.05) is 10.6 Å². The largest absolute Gasteiger partial charge is 0.322 e. The van der Waals surface area contributed by atoms with E-state index in [1.165, 1.54) is 16.6 Å². The number of nitrogens with zero attached hydrogens (tertiary/aromatic N) is 1. The molecule has 0 radical (unpaired) electrons. The summed E-state index contributed by atoms with van der Waals surface area (Å²) in [5.74, 6) is -0.257. The third-order valence-electron chi connectivity index (χ3n) is 5.94. The van der Waals surface area contributed by atoms with Crippen molar-refractivity contribution in [3.63, 3.8) is 0 Å². The summed E-state index contributed by atoms with van der Waals surface area (Å²) < 4.78 is 0. The molecule has 2 aromatic carbocycles. The molecule has 0 fully saturated rings. The topological polar surface area (TPSA) is 82.0 Å². The Morgan fingerprint density at radius 3 is 2.68 bits per heavy atom. The second kappa shape index (κ2) is 10.9. The number of benzene rings is 2. The smallest absolute Gasteiger partial charge is 0.255 e. The number of nitrogens with one attached hydrogen (secondary N) is 2. The predicted molar refractivity (Wildman–Crippen MR) is 140 cm³/mol. The van der Waals surface area contributed by atoms with Crippen molar-refractivity contribution in [2.24, 2.45) is 0 Å². The summed E-state index contributed by atoms with van der Waals surface area (Å²) in [5, 5.41) is 16.0. The molecule has 5 nitrogen and oxygen atoms in total. The zero-order valence-corrected chi connectivity index (χ0v) is 20.9. The molecule has 0 aliphatic heterocycles. The lowest BCUT2D eigenvalue weighted by atomic mass is 9.96. The number of nitriles is 1. The first kappa shape index (κ1) is 24.1. The Balaban J connectivity index is 1.45. The average molecular weight is 490 g/mol. The van der Waals surface area contributed by atoms with Gasteiger partial charge in [-0.3, -0.25) is 9.59 Å². The number of carbonyl (C=O) groups is 2. The van der Waals surface area contributed by atoms with E-state index in [0.29, 0.717) is 28.2 Å². The second-order valence-corrected chi connectivity index (χ2v) is 10.7. The fourth-order valence-corrected chi connectivity index (χ4v) is 6.38. The Hall–Kier alpha value is -3.08. The molecule has 1 atom stereocenters. The molecule has 0 spiro atoms. The third-order valence-corrected chi connectivity index (χ3v) is 8.51. The number of aryl methyl sites for hydroxylation is 2. The molecular formula is C27H27N3O2S2. The summed E-state index contributed by atoms with van der Waals surface area (Å²) in [6.07, 6.45) is 4.77. The van der Waals surface area contributed by atoms with E-state index in [9.17, 15) is 14.9 Å². The first-order valence-electron chi connectivity index (χ1n) is 11.5. The number of thiophene rings is 1. The van der Waals surface area contributed by atoms with E-state index in [2.05, 4.69) is 16.7 Å². The number of hydrogen-bond acceptors (Lipinski definition) is 5. The number of thioether (sulfide) groups is 1. The van der Waals surface area contributed by atoms with Crippen LogP contribution in [0.3, 0.4) is 0 Å². The van der Waals surface area contributed by atoms with E-state index in [1.54, 1.807) is 17.4 Å². The van der Waals surface area contributed by atoms with E-state index in [0.717, 1.165) is 41.7 Å². The summed E-state index contributed by atoms with van der Waals surface area (Å²) in [7, 11) is 0. The molecule has 34 heavy (non-hydrogen) atoms. The number of amides is 2. The van der Waals surface area contributed by atoms with Crippen LogP contribution in [0, 0.1) is 18.3 Å². The van der Waals surface area contributed by atoms with E-state index < -0.39 is 0 Å². The van der Waals surface area contributed by atoms with Gasteiger partial charge in [-0.2, -0.15) is 5.26 Å². The summed E-state index contributed by atoms with van der Waals surface area (Å²) in [6, 6.07) is 17.3.